The van der Waals surface area contributed by atoms with Crippen molar-refractivity contribution in [2.75, 3.05) is 7.11 Å². The predicted molar refractivity (Wildman–Crippen MR) is 87.9 cm³/mol. The molecule has 0 aliphatic rings. The highest BCUT2D eigenvalue weighted by molar-refractivity contribution is 7.90. The number of sulfonamides is 1. The van der Waals surface area contributed by atoms with Crippen molar-refractivity contribution in [3.63, 3.8) is 0 Å². The summed E-state index contributed by atoms with van der Waals surface area (Å²) >= 11 is 0. The van der Waals surface area contributed by atoms with Crippen molar-refractivity contribution in [2.24, 2.45) is 0 Å². The number of aryl methyl sites for hydroxylation is 2. The van der Waals surface area contributed by atoms with Crippen molar-refractivity contribution >= 4 is 15.9 Å². The summed E-state index contributed by atoms with van der Waals surface area (Å²) in [5.74, 6) is 0.0270. The molecule has 122 valence electrons. The minimum atomic E-state index is -3.89. The van der Waals surface area contributed by atoms with Gasteiger partial charge in [0.25, 0.3) is 10.0 Å². The predicted octanol–water partition coefficient (Wildman–Crippen LogP) is 2.36. The third-order valence-corrected chi connectivity index (χ3v) is 4.74. The molecule has 23 heavy (non-hydrogen) atoms. The van der Waals surface area contributed by atoms with Gasteiger partial charge in [-0.25, -0.2) is 13.1 Å². The second kappa shape index (κ2) is 6.83. The van der Waals surface area contributed by atoms with Gasteiger partial charge in [-0.2, -0.15) is 0 Å². The van der Waals surface area contributed by atoms with Crippen LogP contribution in [0.1, 0.15) is 16.7 Å². The first-order chi connectivity index (χ1) is 10.8. The number of rotatable bonds is 5. The van der Waals surface area contributed by atoms with Crippen LogP contribution in [0.25, 0.3) is 0 Å². The van der Waals surface area contributed by atoms with Gasteiger partial charge in [-0.05, 0) is 43.2 Å². The number of carbonyl (C=O) groups excluding carboxylic acids is 1. The minimum absolute atomic E-state index is 0.00997. The highest BCUT2D eigenvalue weighted by Gasteiger charge is 2.18. The Kier molecular flexibility index (Phi) is 5.05. The first-order valence-electron chi connectivity index (χ1n) is 7.07. The lowest BCUT2D eigenvalue weighted by atomic mass is 10.1. The van der Waals surface area contributed by atoms with Gasteiger partial charge < -0.3 is 4.74 Å². The molecule has 0 heterocycles. The van der Waals surface area contributed by atoms with Gasteiger partial charge in [0.2, 0.25) is 5.91 Å². The number of benzene rings is 2. The third kappa shape index (κ3) is 4.32. The topological polar surface area (TPSA) is 72.5 Å². The smallest absolute Gasteiger partial charge is 0.264 e. The van der Waals surface area contributed by atoms with E-state index >= 15 is 0 Å². The van der Waals surface area contributed by atoms with Gasteiger partial charge in [0.15, 0.2) is 0 Å². The van der Waals surface area contributed by atoms with Crippen molar-refractivity contribution in [1.82, 2.24) is 4.72 Å². The SMILES string of the molecule is COc1ccc(S(=O)(=O)NC(=O)Cc2cccc(C)c2)cc1C. The molecule has 2 aromatic rings. The molecule has 0 unspecified atom stereocenters. The summed E-state index contributed by atoms with van der Waals surface area (Å²) in [5, 5.41) is 0. The number of ether oxygens (including phenoxy) is 1. The maximum Gasteiger partial charge on any atom is 0.264 e. The van der Waals surface area contributed by atoms with Gasteiger partial charge in [0.05, 0.1) is 18.4 Å². The molecule has 0 saturated carbocycles. The molecular weight excluding hydrogens is 314 g/mol. The molecule has 0 saturated heterocycles. The van der Waals surface area contributed by atoms with E-state index in [-0.39, 0.29) is 11.3 Å². The van der Waals surface area contributed by atoms with Crippen LogP contribution in [0.2, 0.25) is 0 Å². The van der Waals surface area contributed by atoms with Crippen LogP contribution in [0.4, 0.5) is 0 Å². The van der Waals surface area contributed by atoms with E-state index in [1.807, 2.05) is 25.1 Å². The number of nitrogens with one attached hydrogen (secondary N) is 1. The molecule has 2 rings (SSSR count). The van der Waals surface area contributed by atoms with Crippen LogP contribution in [0, 0.1) is 13.8 Å². The first-order valence-corrected chi connectivity index (χ1v) is 8.56. The molecule has 0 fully saturated rings. The van der Waals surface area contributed by atoms with E-state index in [0.717, 1.165) is 11.1 Å². The molecule has 0 bridgehead atoms. The Morgan fingerprint density at radius 2 is 1.87 bits per heavy atom. The van der Waals surface area contributed by atoms with Gasteiger partial charge in [-0.1, -0.05) is 29.8 Å². The van der Waals surface area contributed by atoms with Crippen molar-refractivity contribution in [2.45, 2.75) is 25.2 Å². The van der Waals surface area contributed by atoms with Crippen LogP contribution in [-0.4, -0.2) is 21.4 Å². The monoisotopic (exact) mass is 333 g/mol. The van der Waals surface area contributed by atoms with E-state index in [0.29, 0.717) is 11.3 Å². The molecule has 0 radical (unpaired) electrons. The average Bonchev–Trinajstić information content (AvgIpc) is 2.46. The summed E-state index contributed by atoms with van der Waals surface area (Å²) < 4.78 is 31.8. The van der Waals surface area contributed by atoms with Gasteiger partial charge in [0, 0.05) is 0 Å². The molecule has 1 N–H and O–H groups in total. The van der Waals surface area contributed by atoms with Gasteiger partial charge in [-0.3, -0.25) is 4.79 Å². The molecule has 0 aliphatic carbocycles. The fourth-order valence-corrected chi connectivity index (χ4v) is 3.34. The Morgan fingerprint density at radius 1 is 1.13 bits per heavy atom. The van der Waals surface area contributed by atoms with E-state index < -0.39 is 15.9 Å². The van der Waals surface area contributed by atoms with Crippen molar-refractivity contribution in [3.8, 4) is 5.75 Å². The zero-order valence-corrected chi connectivity index (χ0v) is 14.1. The van der Waals surface area contributed by atoms with Crippen LogP contribution in [0.3, 0.4) is 0 Å². The summed E-state index contributed by atoms with van der Waals surface area (Å²) in [4.78, 5) is 12.0. The van der Waals surface area contributed by atoms with E-state index in [4.69, 9.17) is 4.74 Å². The average molecular weight is 333 g/mol. The van der Waals surface area contributed by atoms with Crippen LogP contribution in [0.5, 0.6) is 5.75 Å². The standard InChI is InChI=1S/C17H19NO4S/c1-12-5-4-6-14(9-12)11-17(19)18-23(20,21)15-7-8-16(22-3)13(2)10-15/h4-10H,11H2,1-3H3,(H,18,19). The van der Waals surface area contributed by atoms with E-state index in [9.17, 15) is 13.2 Å². The van der Waals surface area contributed by atoms with E-state index in [2.05, 4.69) is 4.72 Å². The fraction of sp³-hybridized carbons (Fsp3) is 0.235. The molecular formula is C17H19NO4S. The number of hydrogen-bond donors (Lipinski definition) is 1. The summed E-state index contributed by atoms with van der Waals surface area (Å²) in [6.07, 6.45) is 0.00997. The third-order valence-electron chi connectivity index (χ3n) is 3.37. The van der Waals surface area contributed by atoms with Crippen LogP contribution >= 0.6 is 0 Å². The Balaban J connectivity index is 2.14. The van der Waals surface area contributed by atoms with Crippen LogP contribution in [0.15, 0.2) is 47.4 Å². The Labute approximate surface area is 136 Å². The lowest BCUT2D eigenvalue weighted by molar-refractivity contribution is -0.118. The normalized spacial score (nSPS) is 11.1. The van der Waals surface area contributed by atoms with Crippen LogP contribution < -0.4 is 9.46 Å². The maximum absolute atomic E-state index is 12.3. The van der Waals surface area contributed by atoms with Gasteiger partial charge in [0.1, 0.15) is 5.75 Å². The number of carbonyl (C=O) groups is 1. The van der Waals surface area contributed by atoms with Crippen molar-refractivity contribution in [3.05, 3.63) is 59.2 Å². The summed E-state index contributed by atoms with van der Waals surface area (Å²) in [6, 6.07) is 11.8. The molecule has 0 aliphatic heterocycles. The van der Waals surface area contributed by atoms with E-state index in [1.165, 1.54) is 19.2 Å². The lowest BCUT2D eigenvalue weighted by Gasteiger charge is -2.10. The second-order valence-corrected chi connectivity index (χ2v) is 7.01. The molecule has 5 nitrogen and oxygen atoms in total. The minimum Gasteiger partial charge on any atom is -0.496 e. The molecule has 0 spiro atoms. The quantitative estimate of drug-likeness (QED) is 0.912. The zero-order valence-electron chi connectivity index (χ0n) is 13.3. The van der Waals surface area contributed by atoms with E-state index in [1.54, 1.807) is 19.1 Å². The van der Waals surface area contributed by atoms with Crippen molar-refractivity contribution in [1.29, 1.82) is 0 Å². The zero-order chi connectivity index (χ0) is 17.0. The highest BCUT2D eigenvalue weighted by Crippen LogP contribution is 2.21. The summed E-state index contributed by atoms with van der Waals surface area (Å²) in [5.41, 5.74) is 2.47. The largest absolute Gasteiger partial charge is 0.496 e. The number of methoxy groups -OCH3 is 1. The molecule has 0 atom stereocenters. The Bertz CT molecular complexity index is 828. The fourth-order valence-electron chi connectivity index (χ4n) is 2.27. The number of amides is 1. The first kappa shape index (κ1) is 17.0. The van der Waals surface area contributed by atoms with Gasteiger partial charge in [-0.15, -0.1) is 0 Å². The summed E-state index contributed by atoms with van der Waals surface area (Å²) in [7, 11) is -2.38. The number of hydrogen-bond acceptors (Lipinski definition) is 4. The second-order valence-electron chi connectivity index (χ2n) is 5.33. The Morgan fingerprint density at radius 3 is 2.48 bits per heavy atom. The lowest BCUT2D eigenvalue weighted by Crippen LogP contribution is -2.31. The van der Waals surface area contributed by atoms with Gasteiger partial charge >= 0.3 is 0 Å². The molecule has 1 amide bonds. The van der Waals surface area contributed by atoms with Crippen molar-refractivity contribution < 1.29 is 17.9 Å². The Hall–Kier alpha value is -2.34. The molecule has 2 aromatic carbocycles. The maximum atomic E-state index is 12.3. The molecule has 0 aromatic heterocycles. The van der Waals surface area contributed by atoms with Crippen LogP contribution in [-0.2, 0) is 21.2 Å². The highest BCUT2D eigenvalue weighted by atomic mass is 32.2. The summed E-state index contributed by atoms with van der Waals surface area (Å²) in [6.45, 7) is 3.66. The molecule has 6 heteroatoms.